The van der Waals surface area contributed by atoms with E-state index in [1.54, 1.807) is 46.1 Å². The SMILES string of the molecule is CNC(C)C(=O)CNC1COc2ccccc2N(Cc2c(OC)ccc3cc(C(=O)N(C)C)ccc23)C1=O. The van der Waals surface area contributed by atoms with E-state index in [4.69, 9.17) is 9.47 Å². The van der Waals surface area contributed by atoms with Gasteiger partial charge in [0.25, 0.3) is 5.91 Å². The molecule has 2 unspecified atom stereocenters. The van der Waals surface area contributed by atoms with Crippen LogP contribution in [0.3, 0.4) is 0 Å². The number of Topliss-reactive ketones (excluding diaryl/α,β-unsaturated/α-hetero) is 1. The molecule has 0 aliphatic carbocycles. The second-order valence-corrected chi connectivity index (χ2v) is 9.50. The van der Waals surface area contributed by atoms with Crippen LogP contribution in [0.4, 0.5) is 5.69 Å². The van der Waals surface area contributed by atoms with Gasteiger partial charge < -0.3 is 24.6 Å². The third-order valence-electron chi connectivity index (χ3n) is 6.84. The number of ether oxygens (including phenoxy) is 2. The molecule has 0 saturated carbocycles. The zero-order valence-corrected chi connectivity index (χ0v) is 22.4. The lowest BCUT2D eigenvalue weighted by Crippen LogP contribution is -2.51. The minimum Gasteiger partial charge on any atom is -0.496 e. The number of anilines is 1. The Hall–Kier alpha value is -3.95. The average Bonchev–Trinajstić information content (AvgIpc) is 3.06. The molecule has 9 heteroatoms. The van der Waals surface area contributed by atoms with Gasteiger partial charge in [0.2, 0.25) is 5.91 Å². The van der Waals surface area contributed by atoms with Crippen molar-refractivity contribution in [2.45, 2.75) is 25.6 Å². The highest BCUT2D eigenvalue weighted by molar-refractivity contribution is 6.02. The molecule has 1 heterocycles. The maximum atomic E-state index is 13.9. The number of nitrogens with zero attached hydrogens (tertiary/aromatic N) is 2. The van der Waals surface area contributed by atoms with Crippen molar-refractivity contribution in [1.82, 2.24) is 15.5 Å². The van der Waals surface area contributed by atoms with Crippen LogP contribution in [0.1, 0.15) is 22.8 Å². The van der Waals surface area contributed by atoms with E-state index in [9.17, 15) is 14.4 Å². The summed E-state index contributed by atoms with van der Waals surface area (Å²) in [5.74, 6) is 0.861. The van der Waals surface area contributed by atoms with E-state index in [1.807, 2.05) is 48.5 Å². The average molecular weight is 519 g/mol. The minimum atomic E-state index is -0.722. The Morgan fingerprint density at radius 2 is 1.92 bits per heavy atom. The summed E-state index contributed by atoms with van der Waals surface area (Å²) in [5, 5.41) is 7.75. The number of amides is 2. The Labute approximate surface area is 222 Å². The Kier molecular flexibility index (Phi) is 8.29. The van der Waals surface area contributed by atoms with Crippen LogP contribution in [-0.4, -0.2) is 76.0 Å². The molecule has 1 aliphatic heterocycles. The van der Waals surface area contributed by atoms with E-state index >= 15 is 0 Å². The first-order chi connectivity index (χ1) is 18.2. The highest BCUT2D eigenvalue weighted by Crippen LogP contribution is 2.36. The molecule has 200 valence electrons. The van der Waals surface area contributed by atoms with Crippen LogP contribution in [0.2, 0.25) is 0 Å². The van der Waals surface area contributed by atoms with E-state index in [-0.39, 0.29) is 43.3 Å². The predicted molar refractivity (Wildman–Crippen MR) is 147 cm³/mol. The van der Waals surface area contributed by atoms with Gasteiger partial charge in [0.1, 0.15) is 24.1 Å². The molecule has 0 fully saturated rings. The maximum absolute atomic E-state index is 13.9. The smallest absolute Gasteiger partial charge is 0.253 e. The number of ketones is 1. The number of likely N-dealkylation sites (N-methyl/N-ethyl adjacent to an activating group) is 1. The molecule has 2 atom stereocenters. The van der Waals surface area contributed by atoms with Gasteiger partial charge in [-0.2, -0.15) is 0 Å². The van der Waals surface area contributed by atoms with Crippen molar-refractivity contribution < 1.29 is 23.9 Å². The first-order valence-corrected chi connectivity index (χ1v) is 12.5. The summed E-state index contributed by atoms with van der Waals surface area (Å²) in [6, 6.07) is 15.6. The van der Waals surface area contributed by atoms with Crippen molar-refractivity contribution in [2.24, 2.45) is 0 Å². The van der Waals surface area contributed by atoms with Crippen LogP contribution in [-0.2, 0) is 16.1 Å². The van der Waals surface area contributed by atoms with Crippen molar-refractivity contribution in [3.8, 4) is 11.5 Å². The summed E-state index contributed by atoms with van der Waals surface area (Å²) >= 11 is 0. The van der Waals surface area contributed by atoms with Gasteiger partial charge in [0.05, 0.1) is 31.9 Å². The molecule has 1 aliphatic rings. The van der Waals surface area contributed by atoms with E-state index in [0.29, 0.717) is 22.7 Å². The summed E-state index contributed by atoms with van der Waals surface area (Å²) in [7, 11) is 6.74. The van der Waals surface area contributed by atoms with Crippen LogP contribution in [0, 0.1) is 0 Å². The third-order valence-corrected chi connectivity index (χ3v) is 6.84. The quantitative estimate of drug-likeness (QED) is 0.449. The van der Waals surface area contributed by atoms with Gasteiger partial charge in [-0.15, -0.1) is 0 Å². The fourth-order valence-electron chi connectivity index (χ4n) is 4.48. The topological polar surface area (TPSA) is 100 Å². The zero-order chi connectivity index (χ0) is 27.4. The van der Waals surface area contributed by atoms with E-state index < -0.39 is 6.04 Å². The summed E-state index contributed by atoms with van der Waals surface area (Å²) in [4.78, 5) is 42.0. The minimum absolute atomic E-state index is 0.0340. The van der Waals surface area contributed by atoms with Crippen molar-refractivity contribution in [3.63, 3.8) is 0 Å². The van der Waals surface area contributed by atoms with Gasteiger partial charge in [-0.25, -0.2) is 0 Å². The molecular weight excluding hydrogens is 484 g/mol. The Balaban J connectivity index is 1.73. The number of nitrogens with one attached hydrogen (secondary N) is 2. The largest absolute Gasteiger partial charge is 0.496 e. The normalized spacial score (nSPS) is 15.9. The van der Waals surface area contributed by atoms with Gasteiger partial charge in [-0.05, 0) is 55.1 Å². The molecule has 0 bridgehead atoms. The van der Waals surface area contributed by atoms with Crippen LogP contribution in [0.25, 0.3) is 10.8 Å². The standard InChI is InChI=1S/C29H34N4O5/c1-18(30-2)25(34)15-31-23-17-38-27-9-7-6-8-24(27)33(29(23)36)16-22-21-12-10-20(28(35)32(3)4)14-19(21)11-13-26(22)37-5/h6-14,18,23,30-31H,15-17H2,1-5H3. The van der Waals surface area contributed by atoms with Crippen molar-refractivity contribution >= 4 is 34.1 Å². The highest BCUT2D eigenvalue weighted by Gasteiger charge is 2.33. The molecule has 0 radical (unpaired) electrons. The molecular formula is C29H34N4O5. The van der Waals surface area contributed by atoms with Crippen LogP contribution in [0.5, 0.6) is 11.5 Å². The van der Waals surface area contributed by atoms with Crippen molar-refractivity contribution in [1.29, 1.82) is 0 Å². The van der Waals surface area contributed by atoms with Crippen LogP contribution >= 0.6 is 0 Å². The summed E-state index contributed by atoms with van der Waals surface area (Å²) < 4.78 is 11.7. The number of benzene rings is 3. The summed E-state index contributed by atoms with van der Waals surface area (Å²) in [6.45, 7) is 2.12. The molecule has 2 amide bonds. The Morgan fingerprint density at radius 3 is 2.63 bits per heavy atom. The maximum Gasteiger partial charge on any atom is 0.253 e. The van der Waals surface area contributed by atoms with Gasteiger partial charge in [0.15, 0.2) is 5.78 Å². The molecule has 0 saturated heterocycles. The van der Waals surface area contributed by atoms with Gasteiger partial charge in [-0.3, -0.25) is 19.7 Å². The molecule has 0 spiro atoms. The molecule has 9 nitrogen and oxygen atoms in total. The molecule has 3 aromatic rings. The van der Waals surface area contributed by atoms with Gasteiger partial charge in [0, 0.05) is 25.2 Å². The zero-order valence-electron chi connectivity index (χ0n) is 22.4. The number of fused-ring (bicyclic) bond motifs is 2. The monoisotopic (exact) mass is 518 g/mol. The fraction of sp³-hybridized carbons (Fsp3) is 0.345. The fourth-order valence-corrected chi connectivity index (χ4v) is 4.48. The van der Waals surface area contributed by atoms with Gasteiger partial charge in [-0.1, -0.05) is 24.3 Å². The molecule has 3 aromatic carbocycles. The van der Waals surface area contributed by atoms with Gasteiger partial charge >= 0.3 is 0 Å². The van der Waals surface area contributed by atoms with E-state index in [2.05, 4.69) is 10.6 Å². The molecule has 38 heavy (non-hydrogen) atoms. The first kappa shape index (κ1) is 27.1. The number of hydrogen-bond donors (Lipinski definition) is 2. The van der Waals surface area contributed by atoms with Crippen molar-refractivity contribution in [3.05, 3.63) is 65.7 Å². The number of carbonyl (C=O) groups is 3. The number of rotatable bonds is 9. The highest BCUT2D eigenvalue weighted by atomic mass is 16.5. The lowest BCUT2D eigenvalue weighted by Gasteiger charge is -2.26. The lowest BCUT2D eigenvalue weighted by atomic mass is 9.99. The van der Waals surface area contributed by atoms with Crippen molar-refractivity contribution in [2.75, 3.05) is 46.3 Å². The van der Waals surface area contributed by atoms with Crippen LogP contribution in [0.15, 0.2) is 54.6 Å². The van der Waals surface area contributed by atoms with E-state index in [1.165, 1.54) is 4.90 Å². The molecule has 2 N–H and O–H groups in total. The second-order valence-electron chi connectivity index (χ2n) is 9.50. The lowest BCUT2D eigenvalue weighted by molar-refractivity contribution is -0.122. The third kappa shape index (κ3) is 5.49. The first-order valence-electron chi connectivity index (χ1n) is 12.5. The van der Waals surface area contributed by atoms with Crippen LogP contribution < -0.4 is 25.0 Å². The molecule has 4 rings (SSSR count). The second kappa shape index (κ2) is 11.6. The molecule has 0 aromatic heterocycles. The number of hydrogen-bond acceptors (Lipinski definition) is 7. The summed E-state index contributed by atoms with van der Waals surface area (Å²) in [6.07, 6.45) is 0. The van der Waals surface area contributed by atoms with E-state index in [0.717, 1.165) is 16.3 Å². The summed E-state index contributed by atoms with van der Waals surface area (Å²) in [5.41, 5.74) is 2.01. The Bertz CT molecular complexity index is 1360. The number of methoxy groups -OCH3 is 1. The number of carbonyl (C=O) groups excluding carboxylic acids is 3. The number of para-hydroxylation sites is 2. The predicted octanol–water partition coefficient (Wildman–Crippen LogP) is 2.61. The Morgan fingerprint density at radius 1 is 1.16 bits per heavy atom.